The third-order valence-corrected chi connectivity index (χ3v) is 5.00. The summed E-state index contributed by atoms with van der Waals surface area (Å²) in [7, 11) is 0. The van der Waals surface area contributed by atoms with Gasteiger partial charge in [-0.05, 0) is 17.2 Å². The molecule has 2 aromatic heterocycles. The molecule has 0 atom stereocenters. The fourth-order valence-corrected chi connectivity index (χ4v) is 3.62. The Morgan fingerprint density at radius 3 is 2.64 bits per heavy atom. The summed E-state index contributed by atoms with van der Waals surface area (Å²) in [6.07, 6.45) is 1.80. The smallest absolute Gasteiger partial charge is 0.266 e. The van der Waals surface area contributed by atoms with E-state index in [1.54, 1.807) is 12.1 Å². The maximum atomic E-state index is 12.7. The molecule has 0 spiro atoms. The van der Waals surface area contributed by atoms with Crippen molar-refractivity contribution in [1.82, 2.24) is 14.6 Å². The molecule has 0 bridgehead atoms. The maximum Gasteiger partial charge on any atom is 0.296 e. The van der Waals surface area contributed by atoms with E-state index in [4.69, 9.17) is 0 Å². The van der Waals surface area contributed by atoms with Crippen molar-refractivity contribution in [2.75, 3.05) is 0 Å². The summed E-state index contributed by atoms with van der Waals surface area (Å²) in [4.78, 5) is 39.5. The molecule has 0 aliphatic carbocycles. The van der Waals surface area contributed by atoms with Crippen molar-refractivity contribution in [3.05, 3.63) is 107 Å². The highest BCUT2D eigenvalue weighted by Crippen LogP contribution is 2.13. The molecule has 0 saturated heterocycles. The molecule has 0 amide bonds. The highest BCUT2D eigenvalue weighted by Gasteiger charge is 2.12. The molecule has 0 fully saturated rings. The largest absolute Gasteiger partial charge is 0.296 e. The van der Waals surface area contributed by atoms with Gasteiger partial charge in [-0.2, -0.15) is 14.6 Å². The second kappa shape index (κ2) is 7.12. The average Bonchev–Trinajstić information content (AvgIpc) is 2.98. The Morgan fingerprint density at radius 1 is 1.11 bits per heavy atom. The van der Waals surface area contributed by atoms with Gasteiger partial charge in [0.15, 0.2) is 0 Å². The van der Waals surface area contributed by atoms with Gasteiger partial charge in [0.2, 0.25) is 4.96 Å². The number of non-ortho nitro benzene ring substituents is 1. The monoisotopic (exact) mass is 392 g/mol. The van der Waals surface area contributed by atoms with Crippen LogP contribution < -0.4 is 15.7 Å². The molecular weight excluding hydrogens is 380 g/mol. The summed E-state index contributed by atoms with van der Waals surface area (Å²) < 4.78 is 1.39. The number of nitrogens with zero attached hydrogens (tertiary/aromatic N) is 4. The lowest BCUT2D eigenvalue weighted by molar-refractivity contribution is -0.384. The standard InChI is InChI=1S/C19H12N4O4S/c24-17-15(10-12-5-2-1-3-6-12)21-22-18(25)16(28-19(22)20-17)11-13-7-4-8-14(9-13)23(26)27/h1-9,11H,10H2/b16-11-. The van der Waals surface area contributed by atoms with Crippen LogP contribution in [0.25, 0.3) is 11.0 Å². The van der Waals surface area contributed by atoms with Crippen LogP contribution in [0.1, 0.15) is 16.8 Å². The van der Waals surface area contributed by atoms with E-state index < -0.39 is 16.0 Å². The van der Waals surface area contributed by atoms with E-state index >= 15 is 0 Å². The molecule has 0 unspecified atom stereocenters. The van der Waals surface area contributed by atoms with Gasteiger partial charge in [-0.15, -0.1) is 0 Å². The van der Waals surface area contributed by atoms with Gasteiger partial charge >= 0.3 is 0 Å². The Morgan fingerprint density at radius 2 is 1.89 bits per heavy atom. The molecule has 0 aliphatic heterocycles. The Kier molecular flexibility index (Phi) is 4.50. The molecule has 138 valence electrons. The molecule has 0 saturated carbocycles. The molecule has 0 N–H and O–H groups in total. The van der Waals surface area contributed by atoms with Crippen LogP contribution in [0.3, 0.4) is 0 Å². The predicted molar refractivity (Wildman–Crippen MR) is 105 cm³/mol. The first-order chi connectivity index (χ1) is 13.5. The summed E-state index contributed by atoms with van der Waals surface area (Å²) in [5.74, 6) is 0. The molecule has 4 rings (SSSR count). The molecular formula is C19H12N4O4S. The number of fused-ring (bicyclic) bond motifs is 1. The number of nitro benzene ring substituents is 1. The van der Waals surface area contributed by atoms with Crippen molar-refractivity contribution in [1.29, 1.82) is 0 Å². The van der Waals surface area contributed by atoms with Gasteiger partial charge < -0.3 is 0 Å². The van der Waals surface area contributed by atoms with Crippen molar-refractivity contribution in [3.8, 4) is 0 Å². The first kappa shape index (κ1) is 17.7. The zero-order chi connectivity index (χ0) is 19.7. The summed E-state index contributed by atoms with van der Waals surface area (Å²) >= 11 is 1.01. The summed E-state index contributed by atoms with van der Waals surface area (Å²) in [6, 6.07) is 15.2. The van der Waals surface area contributed by atoms with Crippen LogP contribution >= 0.6 is 11.3 Å². The average molecular weight is 392 g/mol. The van der Waals surface area contributed by atoms with Crippen LogP contribution in [-0.4, -0.2) is 19.5 Å². The Hall–Kier alpha value is -3.72. The van der Waals surface area contributed by atoms with E-state index in [2.05, 4.69) is 10.1 Å². The van der Waals surface area contributed by atoms with E-state index in [-0.39, 0.29) is 27.3 Å². The molecule has 0 aliphatic rings. The Labute approximate surface area is 161 Å². The number of hydrogen-bond acceptors (Lipinski definition) is 7. The lowest BCUT2D eigenvalue weighted by atomic mass is 10.1. The van der Waals surface area contributed by atoms with Crippen molar-refractivity contribution in [2.24, 2.45) is 0 Å². The summed E-state index contributed by atoms with van der Waals surface area (Å²) in [6.45, 7) is 0. The van der Waals surface area contributed by atoms with Crippen molar-refractivity contribution in [2.45, 2.75) is 6.42 Å². The van der Waals surface area contributed by atoms with Crippen LogP contribution in [0.5, 0.6) is 0 Å². The molecule has 2 aromatic carbocycles. The molecule has 0 radical (unpaired) electrons. The van der Waals surface area contributed by atoms with Crippen LogP contribution in [0, 0.1) is 10.1 Å². The zero-order valence-electron chi connectivity index (χ0n) is 14.3. The molecule has 28 heavy (non-hydrogen) atoms. The number of hydrogen-bond donors (Lipinski definition) is 0. The topological polar surface area (TPSA) is 107 Å². The van der Waals surface area contributed by atoms with Gasteiger partial charge in [0, 0.05) is 18.6 Å². The fourth-order valence-electron chi connectivity index (χ4n) is 2.72. The minimum Gasteiger partial charge on any atom is -0.266 e. The van der Waals surface area contributed by atoms with Crippen LogP contribution in [0.15, 0.2) is 64.2 Å². The van der Waals surface area contributed by atoms with Gasteiger partial charge in [-0.3, -0.25) is 19.7 Å². The Balaban J connectivity index is 1.81. The lowest BCUT2D eigenvalue weighted by Gasteiger charge is -1.99. The minimum absolute atomic E-state index is 0.0711. The van der Waals surface area contributed by atoms with Crippen LogP contribution in [-0.2, 0) is 6.42 Å². The van der Waals surface area contributed by atoms with Crippen LogP contribution in [0.4, 0.5) is 5.69 Å². The fraction of sp³-hybridized carbons (Fsp3) is 0.0526. The van der Waals surface area contributed by atoms with Crippen molar-refractivity contribution >= 4 is 28.1 Å². The lowest BCUT2D eigenvalue weighted by Crippen LogP contribution is -2.28. The van der Waals surface area contributed by atoms with E-state index in [0.717, 1.165) is 21.4 Å². The molecule has 9 heteroatoms. The SMILES string of the molecule is O=c1nc2s/c(=C\c3cccc([N+](=O)[O-])c3)c(=O)n2nc1Cc1ccccc1. The first-order valence-corrected chi connectivity index (χ1v) is 9.06. The number of rotatable bonds is 4. The second-order valence-corrected chi connectivity index (χ2v) is 7.00. The van der Waals surface area contributed by atoms with Crippen molar-refractivity contribution < 1.29 is 4.92 Å². The van der Waals surface area contributed by atoms with Crippen molar-refractivity contribution in [3.63, 3.8) is 0 Å². The van der Waals surface area contributed by atoms with Gasteiger partial charge in [0.05, 0.1) is 9.46 Å². The summed E-state index contributed by atoms with van der Waals surface area (Å²) in [5.41, 5.74) is 0.601. The third kappa shape index (κ3) is 3.42. The Bertz CT molecular complexity index is 1360. The van der Waals surface area contributed by atoms with E-state index in [9.17, 15) is 19.7 Å². The molecule has 8 nitrogen and oxygen atoms in total. The van der Waals surface area contributed by atoms with Crippen LogP contribution in [0.2, 0.25) is 0 Å². The third-order valence-electron chi connectivity index (χ3n) is 4.04. The first-order valence-electron chi connectivity index (χ1n) is 8.24. The highest BCUT2D eigenvalue weighted by atomic mass is 32.1. The van der Waals surface area contributed by atoms with Gasteiger partial charge in [-0.1, -0.05) is 53.8 Å². The van der Waals surface area contributed by atoms with E-state index in [0.29, 0.717) is 5.56 Å². The van der Waals surface area contributed by atoms with E-state index in [1.165, 1.54) is 18.2 Å². The van der Waals surface area contributed by atoms with E-state index in [1.807, 2.05) is 30.3 Å². The number of benzene rings is 2. The summed E-state index contributed by atoms with van der Waals surface area (Å²) in [5, 5.41) is 15.1. The molecule has 2 heterocycles. The second-order valence-electron chi connectivity index (χ2n) is 5.99. The number of thiazole rings is 1. The van der Waals surface area contributed by atoms with Gasteiger partial charge in [-0.25, -0.2) is 0 Å². The highest BCUT2D eigenvalue weighted by molar-refractivity contribution is 7.15. The quantitative estimate of drug-likeness (QED) is 0.385. The number of nitro groups is 1. The number of aromatic nitrogens is 3. The van der Waals surface area contributed by atoms with Gasteiger partial charge in [0.25, 0.3) is 16.8 Å². The minimum atomic E-state index is -0.502. The molecule has 4 aromatic rings. The predicted octanol–water partition coefficient (Wildman–Crippen LogP) is 1.56. The normalized spacial score (nSPS) is 11.8. The maximum absolute atomic E-state index is 12.7. The zero-order valence-corrected chi connectivity index (χ0v) is 15.1. The van der Waals surface area contributed by atoms with Gasteiger partial charge in [0.1, 0.15) is 5.69 Å².